The Labute approximate surface area is 91.5 Å². The van der Waals surface area contributed by atoms with Crippen molar-refractivity contribution in [1.29, 1.82) is 0 Å². The van der Waals surface area contributed by atoms with Crippen LogP contribution in [0.1, 0.15) is 0 Å². The summed E-state index contributed by atoms with van der Waals surface area (Å²) in [5.41, 5.74) is 0. The molecule has 1 rings (SSSR count). The van der Waals surface area contributed by atoms with E-state index in [0.717, 1.165) is 0 Å². The second-order valence-electron chi connectivity index (χ2n) is 2.38. The molecule has 2 nitrogen and oxygen atoms in total. The van der Waals surface area contributed by atoms with E-state index >= 15 is 0 Å². The second-order valence-corrected chi connectivity index (χ2v) is 3.95. The van der Waals surface area contributed by atoms with Gasteiger partial charge in [-0.2, -0.15) is 9.51 Å². The molecule has 0 saturated heterocycles. The normalized spacial score (nSPS) is 30.4. The summed E-state index contributed by atoms with van der Waals surface area (Å²) in [6, 6.07) is 0. The van der Waals surface area contributed by atoms with Crippen molar-refractivity contribution in [3.63, 3.8) is 0 Å². The number of hydrogen-bond acceptors (Lipinski definition) is 2. The van der Waals surface area contributed by atoms with Gasteiger partial charge < -0.3 is 0 Å². The first-order chi connectivity index (χ1) is 6.37. The maximum absolute atomic E-state index is 12.9. The lowest BCUT2D eigenvalue weighted by atomic mass is 10.4. The fourth-order valence-electron chi connectivity index (χ4n) is 0.862. The Morgan fingerprint density at radius 3 is 2.21 bits per heavy atom. The van der Waals surface area contributed by atoms with Crippen molar-refractivity contribution < 1.29 is 17.7 Å². The Morgan fingerprint density at radius 1 is 1.29 bits per heavy atom. The molecule has 0 N–H and O–H groups in total. The molecule has 0 saturated carbocycles. The number of halogens is 7. The van der Waals surface area contributed by atoms with E-state index in [9.17, 15) is 17.7 Å². The van der Waals surface area contributed by atoms with Crippen molar-refractivity contribution in [3.05, 3.63) is 11.0 Å². The highest BCUT2D eigenvalue weighted by Crippen LogP contribution is 2.36. The highest BCUT2D eigenvalue weighted by molar-refractivity contribution is 6.44. The SMILES string of the molecule is FC1=C(Cl)C(F)N(F)C(C(Cl)Cl)N1F. The second kappa shape index (κ2) is 4.30. The van der Waals surface area contributed by atoms with Crippen LogP contribution >= 0.6 is 34.8 Å². The van der Waals surface area contributed by atoms with Gasteiger partial charge in [0.15, 0.2) is 6.17 Å². The van der Waals surface area contributed by atoms with E-state index in [2.05, 4.69) is 0 Å². The quantitative estimate of drug-likeness (QED) is 0.313. The molecule has 82 valence electrons. The summed E-state index contributed by atoms with van der Waals surface area (Å²) in [5, 5.41) is -2.72. The third-order valence-electron chi connectivity index (χ3n) is 1.52. The van der Waals surface area contributed by atoms with Crippen LogP contribution in [-0.2, 0) is 0 Å². The molecular formula is C5H3Cl3F4N2. The third kappa shape index (κ3) is 1.88. The average molecular weight is 273 g/mol. The van der Waals surface area contributed by atoms with Crippen molar-refractivity contribution in [2.24, 2.45) is 0 Å². The van der Waals surface area contributed by atoms with Gasteiger partial charge in [0.05, 0.1) is 0 Å². The van der Waals surface area contributed by atoms with Crippen LogP contribution in [0, 0.1) is 0 Å². The number of alkyl halides is 3. The van der Waals surface area contributed by atoms with E-state index in [1.165, 1.54) is 0 Å². The fraction of sp³-hybridized carbons (Fsp3) is 0.600. The smallest absolute Gasteiger partial charge is 0.221 e. The predicted octanol–water partition coefficient (Wildman–Crippen LogP) is 3.18. The summed E-state index contributed by atoms with van der Waals surface area (Å²) < 4.78 is 51.3. The van der Waals surface area contributed by atoms with Crippen LogP contribution < -0.4 is 0 Å². The van der Waals surface area contributed by atoms with Crippen molar-refractivity contribution >= 4 is 34.8 Å². The standard InChI is InChI=1S/C5H3Cl3F4N2/c6-1-3(9)13(11)5(2(7)8)14(12)4(1)10/h2-3,5H. The molecule has 0 spiro atoms. The van der Waals surface area contributed by atoms with E-state index in [4.69, 9.17) is 34.8 Å². The monoisotopic (exact) mass is 272 g/mol. The molecule has 14 heavy (non-hydrogen) atoms. The van der Waals surface area contributed by atoms with E-state index in [0.29, 0.717) is 0 Å². The van der Waals surface area contributed by atoms with Crippen LogP contribution in [-0.4, -0.2) is 27.5 Å². The van der Waals surface area contributed by atoms with E-state index in [1.807, 2.05) is 0 Å². The largest absolute Gasteiger partial charge is 0.238 e. The first-order valence-corrected chi connectivity index (χ1v) is 4.49. The Kier molecular flexibility index (Phi) is 3.74. The van der Waals surface area contributed by atoms with Crippen LogP contribution in [0.5, 0.6) is 0 Å². The van der Waals surface area contributed by atoms with E-state index < -0.39 is 38.5 Å². The Morgan fingerprint density at radius 2 is 1.79 bits per heavy atom. The average Bonchev–Trinajstić information content (AvgIpc) is 2.11. The van der Waals surface area contributed by atoms with Crippen molar-refractivity contribution in [2.45, 2.75) is 17.3 Å². The molecule has 0 amide bonds. The maximum atomic E-state index is 12.9. The van der Waals surface area contributed by atoms with Crippen molar-refractivity contribution in [2.75, 3.05) is 0 Å². The van der Waals surface area contributed by atoms with Crippen LogP contribution in [0.2, 0.25) is 0 Å². The number of rotatable bonds is 1. The van der Waals surface area contributed by atoms with Crippen LogP contribution in [0.25, 0.3) is 0 Å². The molecule has 0 fully saturated rings. The Bertz CT molecular complexity index is 261. The number of hydrogen-bond donors (Lipinski definition) is 0. The van der Waals surface area contributed by atoms with Gasteiger partial charge in [-0.25, -0.2) is 4.39 Å². The topological polar surface area (TPSA) is 6.48 Å². The summed E-state index contributed by atoms with van der Waals surface area (Å²) in [6.45, 7) is 0. The zero-order chi connectivity index (χ0) is 11.0. The van der Waals surface area contributed by atoms with E-state index in [1.54, 1.807) is 0 Å². The van der Waals surface area contributed by atoms with Crippen molar-refractivity contribution in [1.82, 2.24) is 10.2 Å². The molecule has 0 radical (unpaired) electrons. The highest BCUT2D eigenvalue weighted by atomic mass is 35.5. The highest BCUT2D eigenvalue weighted by Gasteiger charge is 2.46. The third-order valence-corrected chi connectivity index (χ3v) is 2.31. The van der Waals surface area contributed by atoms with Crippen LogP contribution in [0.15, 0.2) is 11.0 Å². The van der Waals surface area contributed by atoms with E-state index in [-0.39, 0.29) is 0 Å². The lowest BCUT2D eigenvalue weighted by Crippen LogP contribution is -2.51. The lowest BCUT2D eigenvalue weighted by molar-refractivity contribution is -0.201. The van der Waals surface area contributed by atoms with Crippen LogP contribution in [0.3, 0.4) is 0 Å². The molecule has 0 bridgehead atoms. The molecule has 1 aliphatic rings. The van der Waals surface area contributed by atoms with Gasteiger partial charge in [-0.05, 0) is 0 Å². The zero-order valence-corrected chi connectivity index (χ0v) is 8.54. The summed E-state index contributed by atoms with van der Waals surface area (Å²) in [6.07, 6.45) is -4.72. The zero-order valence-electron chi connectivity index (χ0n) is 6.27. The van der Waals surface area contributed by atoms with Crippen LogP contribution in [0.4, 0.5) is 17.7 Å². The molecular weight excluding hydrogens is 270 g/mol. The molecule has 9 heteroatoms. The fourth-order valence-corrected chi connectivity index (χ4v) is 1.45. The van der Waals surface area contributed by atoms with Crippen molar-refractivity contribution in [3.8, 4) is 0 Å². The summed E-state index contributed by atoms with van der Waals surface area (Å²) >= 11 is 15.2. The lowest BCUT2D eigenvalue weighted by Gasteiger charge is -2.34. The molecule has 2 unspecified atom stereocenters. The Hall–Kier alpha value is 0.0900. The molecule has 2 atom stereocenters. The van der Waals surface area contributed by atoms with Gasteiger partial charge in [-0.15, -0.1) is 27.7 Å². The minimum Gasteiger partial charge on any atom is -0.221 e. The van der Waals surface area contributed by atoms with Gasteiger partial charge in [0.25, 0.3) is 0 Å². The van der Waals surface area contributed by atoms with Gasteiger partial charge in [0.2, 0.25) is 12.2 Å². The molecule has 1 heterocycles. The summed E-state index contributed by atoms with van der Waals surface area (Å²) in [5.74, 6) is -1.75. The minimum atomic E-state index is -2.62. The molecule has 0 aromatic carbocycles. The first-order valence-electron chi connectivity index (χ1n) is 3.24. The summed E-state index contributed by atoms with van der Waals surface area (Å²) in [7, 11) is 0. The first kappa shape index (κ1) is 12.2. The number of nitrogens with zero attached hydrogens (tertiary/aromatic N) is 2. The van der Waals surface area contributed by atoms with Gasteiger partial charge in [-0.1, -0.05) is 21.2 Å². The molecule has 0 aromatic heterocycles. The minimum absolute atomic E-state index is 0.712. The molecule has 1 aliphatic heterocycles. The molecule has 0 aliphatic carbocycles. The maximum Gasteiger partial charge on any atom is 0.238 e. The molecule has 0 aromatic rings. The Balaban J connectivity index is 3.04. The van der Waals surface area contributed by atoms with Gasteiger partial charge in [0.1, 0.15) is 9.87 Å². The van der Waals surface area contributed by atoms with Gasteiger partial charge in [0, 0.05) is 0 Å². The van der Waals surface area contributed by atoms with Gasteiger partial charge >= 0.3 is 0 Å². The van der Waals surface area contributed by atoms with Gasteiger partial charge in [-0.3, -0.25) is 0 Å². The predicted molar refractivity (Wildman–Crippen MR) is 44.1 cm³/mol. The summed E-state index contributed by atoms with van der Waals surface area (Å²) in [4.78, 5) is -1.68.